The van der Waals surface area contributed by atoms with Crippen LogP contribution < -0.4 is 0 Å². The van der Waals surface area contributed by atoms with Crippen molar-refractivity contribution in [3.05, 3.63) is 57.0 Å². The molecule has 2 aromatic rings. The van der Waals surface area contributed by atoms with Gasteiger partial charge in [-0.2, -0.15) is 0 Å². The highest BCUT2D eigenvalue weighted by Gasteiger charge is 2.24. The highest BCUT2D eigenvalue weighted by molar-refractivity contribution is 7.16. The normalized spacial score (nSPS) is 15.0. The fourth-order valence-corrected chi connectivity index (χ4v) is 4.14. The van der Waals surface area contributed by atoms with Gasteiger partial charge in [0, 0.05) is 37.5 Å². The van der Waals surface area contributed by atoms with Gasteiger partial charge in [-0.05, 0) is 37.1 Å². The number of hydrogen-bond donors (Lipinski definition) is 0. The number of rotatable bonds is 4. The first-order valence-corrected chi connectivity index (χ1v) is 9.80. The van der Waals surface area contributed by atoms with E-state index in [0.717, 1.165) is 9.21 Å². The summed E-state index contributed by atoms with van der Waals surface area (Å²) in [5, 5.41) is 0. The van der Waals surface area contributed by atoms with Crippen LogP contribution in [0.25, 0.3) is 0 Å². The summed E-state index contributed by atoms with van der Waals surface area (Å²) in [5.74, 6) is -0.746. The molecule has 1 aromatic heterocycles. The van der Waals surface area contributed by atoms with E-state index < -0.39 is 5.82 Å². The maximum Gasteiger partial charge on any atom is 0.256 e. The molecule has 2 heterocycles. The Balaban J connectivity index is 1.55. The summed E-state index contributed by atoms with van der Waals surface area (Å²) in [4.78, 5) is 29.5. The predicted octanol–water partition coefficient (Wildman–Crippen LogP) is 3.85. The molecule has 0 aliphatic carbocycles. The van der Waals surface area contributed by atoms with Crippen LogP contribution in [0.5, 0.6) is 0 Å². The molecule has 0 atom stereocenters. The van der Waals surface area contributed by atoms with Gasteiger partial charge in [0.15, 0.2) is 0 Å². The molecule has 1 aromatic carbocycles. The Hall–Kier alpha value is -1.92. The van der Waals surface area contributed by atoms with Gasteiger partial charge in [0.25, 0.3) is 5.91 Å². The molecule has 4 nitrogen and oxygen atoms in total. The van der Waals surface area contributed by atoms with Gasteiger partial charge in [0.2, 0.25) is 5.91 Å². The van der Waals surface area contributed by atoms with Crippen molar-refractivity contribution < 1.29 is 14.0 Å². The van der Waals surface area contributed by atoms with Crippen molar-refractivity contribution in [1.29, 1.82) is 0 Å². The minimum Gasteiger partial charge on any atom is -0.341 e. The van der Waals surface area contributed by atoms with E-state index in [9.17, 15) is 14.0 Å². The maximum absolute atomic E-state index is 13.8. The zero-order valence-corrected chi connectivity index (χ0v) is 15.9. The Bertz CT molecular complexity index is 795. The number of benzene rings is 1. The minimum atomic E-state index is -0.510. The number of carbonyl (C=O) groups excluding carboxylic acids is 2. The molecule has 0 spiro atoms. The van der Waals surface area contributed by atoms with Crippen LogP contribution in [0, 0.1) is 5.82 Å². The first kappa shape index (κ1) is 18.9. The van der Waals surface area contributed by atoms with Gasteiger partial charge >= 0.3 is 0 Å². The first-order chi connectivity index (χ1) is 12.5. The Morgan fingerprint density at radius 2 is 1.77 bits per heavy atom. The quantitative estimate of drug-likeness (QED) is 0.790. The molecule has 0 unspecified atom stereocenters. The van der Waals surface area contributed by atoms with Crippen LogP contribution in [0.1, 0.15) is 28.1 Å². The zero-order valence-electron chi connectivity index (χ0n) is 14.3. The zero-order chi connectivity index (χ0) is 18.5. The van der Waals surface area contributed by atoms with Crippen LogP contribution in [0.2, 0.25) is 4.34 Å². The molecule has 0 radical (unpaired) electrons. The molecule has 0 bridgehead atoms. The van der Waals surface area contributed by atoms with Gasteiger partial charge in [-0.1, -0.05) is 23.7 Å². The second-order valence-electron chi connectivity index (χ2n) is 6.21. The maximum atomic E-state index is 13.8. The van der Waals surface area contributed by atoms with E-state index in [1.165, 1.54) is 23.5 Å². The number of aryl methyl sites for hydroxylation is 1. The monoisotopic (exact) mass is 394 g/mol. The summed E-state index contributed by atoms with van der Waals surface area (Å²) in [6.45, 7) is 2.04. The van der Waals surface area contributed by atoms with Crippen molar-refractivity contribution in [3.63, 3.8) is 0 Å². The second kappa shape index (κ2) is 8.64. The molecule has 1 aliphatic heterocycles. The van der Waals surface area contributed by atoms with Crippen LogP contribution in [0.15, 0.2) is 36.4 Å². The lowest BCUT2D eigenvalue weighted by Crippen LogP contribution is -2.37. The third kappa shape index (κ3) is 4.62. The van der Waals surface area contributed by atoms with Gasteiger partial charge in [-0.25, -0.2) is 4.39 Å². The molecule has 7 heteroatoms. The summed E-state index contributed by atoms with van der Waals surface area (Å²) >= 11 is 7.40. The number of hydrogen-bond acceptors (Lipinski definition) is 3. The van der Waals surface area contributed by atoms with E-state index in [4.69, 9.17) is 11.6 Å². The van der Waals surface area contributed by atoms with Gasteiger partial charge < -0.3 is 9.80 Å². The SMILES string of the molecule is O=C(CCc1ccc(Cl)s1)N1CCCN(C(=O)c2ccccc2F)CC1. The molecule has 2 amide bonds. The van der Waals surface area contributed by atoms with Crippen LogP contribution in [0.4, 0.5) is 4.39 Å². The van der Waals surface area contributed by atoms with E-state index in [2.05, 4.69) is 0 Å². The fraction of sp³-hybridized carbons (Fsp3) is 0.368. The number of amides is 2. The van der Waals surface area contributed by atoms with Crippen molar-refractivity contribution in [2.45, 2.75) is 19.3 Å². The molecule has 1 aliphatic rings. The van der Waals surface area contributed by atoms with E-state index in [1.807, 2.05) is 12.1 Å². The van der Waals surface area contributed by atoms with Crippen molar-refractivity contribution in [3.8, 4) is 0 Å². The standard InChI is InChI=1S/C19H20ClFN2O2S/c20-17-8-6-14(26-17)7-9-18(24)22-10-3-11-23(13-12-22)19(25)15-4-1-2-5-16(15)21/h1-2,4-6,8H,3,7,9-13H2. The predicted molar refractivity (Wildman–Crippen MR) is 101 cm³/mol. The molecule has 1 fully saturated rings. The topological polar surface area (TPSA) is 40.6 Å². The number of halogens is 2. The summed E-state index contributed by atoms with van der Waals surface area (Å²) in [6, 6.07) is 9.79. The minimum absolute atomic E-state index is 0.0784. The lowest BCUT2D eigenvalue weighted by atomic mass is 10.2. The Morgan fingerprint density at radius 3 is 2.50 bits per heavy atom. The molecular formula is C19H20ClFN2O2S. The van der Waals surface area contributed by atoms with Gasteiger partial charge in [-0.15, -0.1) is 11.3 Å². The Labute approximate surface area is 161 Å². The molecule has 0 saturated carbocycles. The van der Waals surface area contributed by atoms with Crippen molar-refractivity contribution in [1.82, 2.24) is 9.80 Å². The summed E-state index contributed by atoms with van der Waals surface area (Å²) in [7, 11) is 0. The van der Waals surface area contributed by atoms with Crippen LogP contribution in [-0.2, 0) is 11.2 Å². The molecular weight excluding hydrogens is 375 g/mol. The number of thiophene rings is 1. The van der Waals surface area contributed by atoms with E-state index in [0.29, 0.717) is 45.4 Å². The highest BCUT2D eigenvalue weighted by Crippen LogP contribution is 2.23. The average Bonchev–Trinajstić information content (AvgIpc) is 2.90. The van der Waals surface area contributed by atoms with Gasteiger partial charge in [0.1, 0.15) is 5.82 Å². The molecule has 3 rings (SSSR count). The van der Waals surface area contributed by atoms with Gasteiger partial charge in [-0.3, -0.25) is 9.59 Å². The molecule has 0 N–H and O–H groups in total. The third-order valence-electron chi connectivity index (χ3n) is 4.45. The summed E-state index contributed by atoms with van der Waals surface area (Å²) < 4.78 is 14.6. The lowest BCUT2D eigenvalue weighted by Gasteiger charge is -2.22. The first-order valence-electron chi connectivity index (χ1n) is 8.60. The molecule has 138 valence electrons. The van der Waals surface area contributed by atoms with Crippen LogP contribution in [-0.4, -0.2) is 47.8 Å². The second-order valence-corrected chi connectivity index (χ2v) is 8.01. The third-order valence-corrected chi connectivity index (χ3v) is 5.75. The summed E-state index contributed by atoms with van der Waals surface area (Å²) in [6.07, 6.45) is 1.79. The van der Waals surface area contributed by atoms with Crippen LogP contribution in [0.3, 0.4) is 0 Å². The smallest absolute Gasteiger partial charge is 0.256 e. The average molecular weight is 395 g/mol. The molecule has 1 saturated heterocycles. The lowest BCUT2D eigenvalue weighted by molar-refractivity contribution is -0.131. The summed E-state index contributed by atoms with van der Waals surface area (Å²) in [5.41, 5.74) is 0.0850. The Kier molecular flexibility index (Phi) is 6.27. The van der Waals surface area contributed by atoms with E-state index in [-0.39, 0.29) is 17.4 Å². The number of nitrogens with zero attached hydrogens (tertiary/aromatic N) is 2. The Morgan fingerprint density at radius 1 is 1.04 bits per heavy atom. The number of carbonyl (C=O) groups is 2. The fourth-order valence-electron chi connectivity index (χ4n) is 3.05. The van der Waals surface area contributed by atoms with Crippen molar-refractivity contribution in [2.75, 3.05) is 26.2 Å². The van der Waals surface area contributed by atoms with Gasteiger partial charge in [0.05, 0.1) is 9.90 Å². The van der Waals surface area contributed by atoms with Crippen molar-refractivity contribution >= 4 is 34.8 Å². The molecule has 26 heavy (non-hydrogen) atoms. The van der Waals surface area contributed by atoms with Crippen LogP contribution >= 0.6 is 22.9 Å². The van der Waals surface area contributed by atoms with E-state index >= 15 is 0 Å². The highest BCUT2D eigenvalue weighted by atomic mass is 35.5. The van der Waals surface area contributed by atoms with Crippen molar-refractivity contribution in [2.24, 2.45) is 0 Å². The van der Waals surface area contributed by atoms with E-state index in [1.54, 1.807) is 21.9 Å². The largest absolute Gasteiger partial charge is 0.341 e.